The second-order valence-electron chi connectivity index (χ2n) is 7.29. The number of carboxylic acids is 1. The number of likely N-dealkylation sites (tertiary alicyclic amines) is 1. The summed E-state index contributed by atoms with van der Waals surface area (Å²) < 4.78 is 5.94. The third kappa shape index (κ3) is 3.89. The number of aryl methyl sites for hydroxylation is 2. The van der Waals surface area contributed by atoms with Gasteiger partial charge in [-0.3, -0.25) is 9.78 Å². The van der Waals surface area contributed by atoms with Gasteiger partial charge in [-0.25, -0.2) is 4.79 Å². The molecule has 0 aromatic carbocycles. The van der Waals surface area contributed by atoms with Crippen LogP contribution < -0.4 is 4.74 Å². The van der Waals surface area contributed by atoms with Crippen LogP contribution in [0.25, 0.3) is 0 Å². The van der Waals surface area contributed by atoms with Gasteiger partial charge in [0.05, 0.1) is 5.69 Å². The van der Waals surface area contributed by atoms with Gasteiger partial charge in [0.2, 0.25) is 11.5 Å². The fourth-order valence-electron chi connectivity index (χ4n) is 3.69. The molecule has 0 spiro atoms. The Labute approximate surface area is 153 Å². The lowest BCUT2D eigenvalue weighted by molar-refractivity contribution is -0.162. The SMILES string of the molecule is Cc1ccc(OC2(C(=O)O)CCN(C(=O)CC3C=CCC3)CC2)c(C)n1. The van der Waals surface area contributed by atoms with Gasteiger partial charge in [0.15, 0.2) is 0 Å². The van der Waals surface area contributed by atoms with Gasteiger partial charge in [-0.05, 0) is 44.7 Å². The van der Waals surface area contributed by atoms with Crippen LogP contribution in [0.15, 0.2) is 24.3 Å². The molecule has 1 aliphatic heterocycles. The normalized spacial score (nSPS) is 21.6. The Morgan fingerprint density at radius 2 is 2.04 bits per heavy atom. The Morgan fingerprint density at radius 3 is 2.62 bits per heavy atom. The molecule has 1 aromatic rings. The molecule has 0 bridgehead atoms. The Bertz CT molecular complexity index is 721. The minimum Gasteiger partial charge on any atom is -0.478 e. The van der Waals surface area contributed by atoms with E-state index in [9.17, 15) is 14.7 Å². The number of piperidine rings is 1. The number of aromatic nitrogens is 1. The molecule has 1 aromatic heterocycles. The first-order valence-electron chi connectivity index (χ1n) is 9.21. The number of amides is 1. The molecule has 0 radical (unpaired) electrons. The Hall–Kier alpha value is -2.37. The molecule has 26 heavy (non-hydrogen) atoms. The van der Waals surface area contributed by atoms with Gasteiger partial charge in [-0.2, -0.15) is 0 Å². The number of nitrogens with zero attached hydrogens (tertiary/aromatic N) is 2. The molecule has 1 amide bonds. The summed E-state index contributed by atoms with van der Waals surface area (Å²) in [4.78, 5) is 30.6. The quantitative estimate of drug-likeness (QED) is 0.819. The van der Waals surface area contributed by atoms with Crippen molar-refractivity contribution < 1.29 is 19.4 Å². The zero-order chi connectivity index (χ0) is 18.7. The van der Waals surface area contributed by atoms with Crippen LogP contribution in [-0.4, -0.2) is 45.6 Å². The lowest BCUT2D eigenvalue weighted by Crippen LogP contribution is -2.54. The summed E-state index contributed by atoms with van der Waals surface area (Å²) in [5.41, 5.74) is 0.240. The molecular weight excluding hydrogens is 332 g/mol. The van der Waals surface area contributed by atoms with Crippen molar-refractivity contribution in [2.24, 2.45) is 5.92 Å². The molecule has 140 valence electrons. The molecule has 3 rings (SSSR count). The predicted octanol–water partition coefficient (Wildman–Crippen LogP) is 2.88. The maximum Gasteiger partial charge on any atom is 0.348 e. The number of pyridine rings is 1. The largest absolute Gasteiger partial charge is 0.478 e. The molecule has 0 saturated carbocycles. The number of allylic oxidation sites excluding steroid dienone is 2. The van der Waals surface area contributed by atoms with Crippen LogP contribution in [0.1, 0.15) is 43.5 Å². The second-order valence-corrected chi connectivity index (χ2v) is 7.29. The zero-order valence-electron chi connectivity index (χ0n) is 15.4. The van der Waals surface area contributed by atoms with E-state index < -0.39 is 11.6 Å². The fourth-order valence-corrected chi connectivity index (χ4v) is 3.69. The number of aliphatic carboxylic acids is 1. The minimum absolute atomic E-state index is 0.105. The lowest BCUT2D eigenvalue weighted by atomic mass is 9.90. The van der Waals surface area contributed by atoms with Crippen molar-refractivity contribution in [3.05, 3.63) is 35.7 Å². The Morgan fingerprint density at radius 1 is 1.31 bits per heavy atom. The minimum atomic E-state index is -1.30. The summed E-state index contributed by atoms with van der Waals surface area (Å²) in [6.07, 6.45) is 7.37. The van der Waals surface area contributed by atoms with Crippen molar-refractivity contribution in [1.82, 2.24) is 9.88 Å². The lowest BCUT2D eigenvalue weighted by Gasteiger charge is -2.39. The van der Waals surface area contributed by atoms with Crippen LogP contribution in [0.2, 0.25) is 0 Å². The maximum absolute atomic E-state index is 12.5. The molecule has 6 nitrogen and oxygen atoms in total. The highest BCUT2D eigenvalue weighted by Crippen LogP contribution is 2.31. The average molecular weight is 358 g/mol. The van der Waals surface area contributed by atoms with Crippen LogP contribution in [0.4, 0.5) is 0 Å². The molecule has 1 atom stereocenters. The molecule has 6 heteroatoms. The summed E-state index contributed by atoms with van der Waals surface area (Å²) in [6, 6.07) is 3.58. The number of rotatable bonds is 5. The molecular formula is C20H26N2O4. The third-order valence-corrected chi connectivity index (χ3v) is 5.34. The molecule has 1 unspecified atom stereocenters. The van der Waals surface area contributed by atoms with Gasteiger partial charge in [0.1, 0.15) is 5.75 Å². The topological polar surface area (TPSA) is 79.7 Å². The molecule has 1 saturated heterocycles. The van der Waals surface area contributed by atoms with Gasteiger partial charge in [0, 0.05) is 38.0 Å². The smallest absolute Gasteiger partial charge is 0.348 e. The molecule has 1 N–H and O–H groups in total. The number of hydrogen-bond donors (Lipinski definition) is 1. The van der Waals surface area contributed by atoms with Gasteiger partial charge in [-0.15, -0.1) is 0 Å². The molecule has 1 aliphatic carbocycles. The first kappa shape index (κ1) is 18.4. The highest BCUT2D eigenvalue weighted by atomic mass is 16.5. The standard InChI is InChI=1S/C20H26N2O4/c1-14-7-8-17(15(2)21-14)26-20(19(24)25)9-11-22(12-10-20)18(23)13-16-5-3-4-6-16/h3,5,7-8,16H,4,6,9-13H2,1-2H3,(H,24,25). The third-order valence-electron chi connectivity index (χ3n) is 5.34. The summed E-state index contributed by atoms with van der Waals surface area (Å²) in [6.45, 7) is 4.50. The zero-order valence-corrected chi connectivity index (χ0v) is 15.4. The summed E-state index contributed by atoms with van der Waals surface area (Å²) in [5, 5.41) is 9.79. The predicted molar refractivity (Wildman–Crippen MR) is 97.0 cm³/mol. The van der Waals surface area contributed by atoms with E-state index in [0.29, 0.717) is 36.9 Å². The Kier molecular flexibility index (Phi) is 5.30. The van der Waals surface area contributed by atoms with Crippen molar-refractivity contribution in [1.29, 1.82) is 0 Å². The van der Waals surface area contributed by atoms with Crippen molar-refractivity contribution in [3.63, 3.8) is 0 Å². The van der Waals surface area contributed by atoms with Crippen molar-refractivity contribution in [3.8, 4) is 5.75 Å². The van der Waals surface area contributed by atoms with E-state index >= 15 is 0 Å². The van der Waals surface area contributed by atoms with E-state index in [4.69, 9.17) is 4.74 Å². The van der Waals surface area contributed by atoms with E-state index in [1.807, 2.05) is 19.9 Å². The van der Waals surface area contributed by atoms with Gasteiger partial charge < -0.3 is 14.7 Å². The fraction of sp³-hybridized carbons (Fsp3) is 0.550. The van der Waals surface area contributed by atoms with Crippen LogP contribution in [-0.2, 0) is 9.59 Å². The first-order valence-corrected chi connectivity index (χ1v) is 9.21. The van der Waals surface area contributed by atoms with Crippen molar-refractivity contribution in [2.75, 3.05) is 13.1 Å². The average Bonchev–Trinajstić information content (AvgIpc) is 3.11. The number of ether oxygens (including phenoxy) is 1. The number of carbonyl (C=O) groups excluding carboxylic acids is 1. The number of carboxylic acid groups (broad SMARTS) is 1. The van der Waals surface area contributed by atoms with E-state index in [1.165, 1.54) is 0 Å². The molecule has 2 aliphatic rings. The van der Waals surface area contributed by atoms with E-state index in [1.54, 1.807) is 11.0 Å². The summed E-state index contributed by atoms with van der Waals surface area (Å²) >= 11 is 0. The van der Waals surface area contributed by atoms with E-state index in [2.05, 4.69) is 17.1 Å². The second kappa shape index (κ2) is 7.48. The summed E-state index contributed by atoms with van der Waals surface area (Å²) in [5.74, 6) is -0.0583. The van der Waals surface area contributed by atoms with Crippen LogP contribution in [0.3, 0.4) is 0 Å². The molecule has 2 heterocycles. The first-order chi connectivity index (χ1) is 12.4. The van der Waals surface area contributed by atoms with Crippen LogP contribution in [0.5, 0.6) is 5.75 Å². The van der Waals surface area contributed by atoms with Crippen LogP contribution >= 0.6 is 0 Å². The van der Waals surface area contributed by atoms with E-state index in [0.717, 1.165) is 18.5 Å². The van der Waals surface area contributed by atoms with E-state index in [-0.39, 0.29) is 18.7 Å². The van der Waals surface area contributed by atoms with Crippen LogP contribution in [0, 0.1) is 19.8 Å². The maximum atomic E-state index is 12.5. The van der Waals surface area contributed by atoms with Gasteiger partial charge >= 0.3 is 5.97 Å². The number of hydrogen-bond acceptors (Lipinski definition) is 4. The summed E-state index contributed by atoms with van der Waals surface area (Å²) in [7, 11) is 0. The van der Waals surface area contributed by atoms with Crippen molar-refractivity contribution in [2.45, 2.75) is 51.6 Å². The molecule has 1 fully saturated rings. The van der Waals surface area contributed by atoms with Crippen molar-refractivity contribution >= 4 is 11.9 Å². The number of carbonyl (C=O) groups is 2. The highest BCUT2D eigenvalue weighted by Gasteiger charge is 2.45. The highest BCUT2D eigenvalue weighted by molar-refractivity contribution is 5.80. The Balaban J connectivity index is 1.65. The van der Waals surface area contributed by atoms with Gasteiger partial charge in [0.25, 0.3) is 0 Å². The van der Waals surface area contributed by atoms with Gasteiger partial charge in [-0.1, -0.05) is 12.2 Å². The monoisotopic (exact) mass is 358 g/mol.